The van der Waals surface area contributed by atoms with Gasteiger partial charge in [0.25, 0.3) is 0 Å². The Morgan fingerprint density at radius 1 is 0.467 bits per heavy atom. The Morgan fingerprint density at radius 3 is 1.03 bits per heavy atom. The predicted octanol–water partition coefficient (Wildman–Crippen LogP) is 4.83. The van der Waals surface area contributed by atoms with Gasteiger partial charge in [0.1, 0.15) is 0 Å². The number of thiol groups is 1. The van der Waals surface area contributed by atoms with Gasteiger partial charge in [0, 0.05) is 0 Å². The van der Waals surface area contributed by atoms with E-state index in [9.17, 15) is 5.11 Å². The minimum absolute atomic E-state index is 0.198. The number of benzene rings is 4. The van der Waals surface area contributed by atoms with Crippen molar-refractivity contribution in [3.8, 4) is 0 Å². The van der Waals surface area contributed by atoms with Crippen molar-refractivity contribution >= 4 is 49.7 Å². The molecule has 0 aliphatic rings. The SMILES string of the molecule is OC(C(S)P(c1ccccc1)c1ccccc1)P(c1ccccc1)c1ccccc1. The first-order chi connectivity index (χ1) is 14.8. The average Bonchev–Trinajstić information content (AvgIpc) is 2.82. The maximum absolute atomic E-state index is 11.7. The number of rotatable bonds is 7. The highest BCUT2D eigenvalue weighted by Crippen LogP contribution is 2.51. The Kier molecular flexibility index (Phi) is 7.37. The van der Waals surface area contributed by atoms with Crippen molar-refractivity contribution in [1.82, 2.24) is 0 Å². The van der Waals surface area contributed by atoms with Crippen LogP contribution in [0.3, 0.4) is 0 Å². The highest BCUT2D eigenvalue weighted by molar-refractivity contribution is 7.95. The van der Waals surface area contributed by atoms with Crippen LogP contribution in [0.4, 0.5) is 0 Å². The fraction of sp³-hybridized carbons (Fsp3) is 0.0769. The predicted molar refractivity (Wildman–Crippen MR) is 137 cm³/mol. The second-order valence-electron chi connectivity index (χ2n) is 6.91. The number of aliphatic hydroxyl groups excluding tert-OH is 1. The molecule has 0 radical (unpaired) electrons. The average molecular weight is 446 g/mol. The fourth-order valence-electron chi connectivity index (χ4n) is 3.53. The summed E-state index contributed by atoms with van der Waals surface area (Å²) in [4.78, 5) is -0.198. The lowest BCUT2D eigenvalue weighted by molar-refractivity contribution is 0.276. The summed E-state index contributed by atoms with van der Waals surface area (Å²) in [6.45, 7) is 0. The summed E-state index contributed by atoms with van der Waals surface area (Å²) in [5.74, 6) is -0.584. The molecule has 1 nitrogen and oxygen atoms in total. The van der Waals surface area contributed by atoms with E-state index in [1.54, 1.807) is 0 Å². The van der Waals surface area contributed by atoms with E-state index in [-0.39, 0.29) is 4.99 Å². The van der Waals surface area contributed by atoms with Crippen LogP contribution >= 0.6 is 28.5 Å². The van der Waals surface area contributed by atoms with E-state index in [1.165, 1.54) is 21.2 Å². The van der Waals surface area contributed by atoms with Crippen molar-refractivity contribution in [2.45, 2.75) is 10.8 Å². The van der Waals surface area contributed by atoms with E-state index >= 15 is 0 Å². The molecule has 0 fully saturated rings. The first-order valence-corrected chi connectivity index (χ1v) is 13.2. The van der Waals surface area contributed by atoms with Crippen LogP contribution in [-0.4, -0.2) is 15.9 Å². The molecule has 0 heterocycles. The van der Waals surface area contributed by atoms with Crippen LogP contribution in [0, 0.1) is 0 Å². The highest BCUT2D eigenvalue weighted by Gasteiger charge is 2.34. The van der Waals surface area contributed by atoms with Gasteiger partial charge in [-0.05, 0) is 37.1 Å². The highest BCUT2D eigenvalue weighted by atomic mass is 32.1. The van der Waals surface area contributed by atoms with Gasteiger partial charge in [0.05, 0.1) is 10.8 Å². The van der Waals surface area contributed by atoms with Gasteiger partial charge in [-0.25, -0.2) is 0 Å². The Labute approximate surface area is 186 Å². The molecule has 4 aromatic rings. The van der Waals surface area contributed by atoms with Gasteiger partial charge in [-0.2, -0.15) is 12.6 Å². The third kappa shape index (κ3) is 4.85. The molecule has 0 aliphatic carbocycles. The first-order valence-electron chi connectivity index (χ1n) is 9.90. The van der Waals surface area contributed by atoms with E-state index in [4.69, 9.17) is 12.6 Å². The Morgan fingerprint density at radius 2 is 0.733 bits per heavy atom. The van der Waals surface area contributed by atoms with Gasteiger partial charge in [0.2, 0.25) is 0 Å². The van der Waals surface area contributed by atoms with Crippen molar-refractivity contribution in [2.24, 2.45) is 0 Å². The number of aliphatic hydroxyl groups is 1. The zero-order chi connectivity index (χ0) is 20.8. The van der Waals surface area contributed by atoms with Gasteiger partial charge in [-0.3, -0.25) is 0 Å². The van der Waals surface area contributed by atoms with E-state index in [2.05, 4.69) is 72.8 Å². The molecule has 0 spiro atoms. The third-order valence-corrected chi connectivity index (χ3v) is 11.4. The third-order valence-electron chi connectivity index (χ3n) is 4.93. The molecule has 2 atom stereocenters. The van der Waals surface area contributed by atoms with Gasteiger partial charge in [-0.15, -0.1) is 0 Å². The summed E-state index contributed by atoms with van der Waals surface area (Å²) in [5.41, 5.74) is 0. The zero-order valence-corrected chi connectivity index (χ0v) is 19.2. The smallest absolute Gasteiger partial charge is 0.0974 e. The second kappa shape index (κ2) is 10.4. The van der Waals surface area contributed by atoms with Crippen LogP contribution in [0.15, 0.2) is 121 Å². The van der Waals surface area contributed by atoms with E-state index in [1.807, 2.05) is 48.5 Å². The standard InChI is InChI=1S/C26H24OP2S/c27-25(28(21-13-5-1-6-14-21)22-15-7-2-8-16-22)26(30)29(23-17-9-3-10-18-23)24-19-11-4-12-20-24/h1-20,25-27,30H. The summed E-state index contributed by atoms with van der Waals surface area (Å²) < 4.78 is 0. The maximum Gasteiger partial charge on any atom is 0.0974 e. The van der Waals surface area contributed by atoms with Crippen molar-refractivity contribution in [2.75, 3.05) is 0 Å². The summed E-state index contributed by atoms with van der Waals surface area (Å²) in [6, 6.07) is 41.7. The van der Waals surface area contributed by atoms with Gasteiger partial charge >= 0.3 is 0 Å². The van der Waals surface area contributed by atoms with Gasteiger partial charge in [-0.1, -0.05) is 121 Å². The lowest BCUT2D eigenvalue weighted by atomic mass is 10.4. The molecule has 2 unspecified atom stereocenters. The van der Waals surface area contributed by atoms with E-state index in [0.717, 1.165) is 0 Å². The van der Waals surface area contributed by atoms with Crippen molar-refractivity contribution in [3.05, 3.63) is 121 Å². The lowest BCUT2D eigenvalue weighted by Crippen LogP contribution is -2.32. The molecule has 0 bridgehead atoms. The van der Waals surface area contributed by atoms with Crippen LogP contribution in [0.1, 0.15) is 0 Å². The van der Waals surface area contributed by atoms with Crippen LogP contribution in [0.2, 0.25) is 0 Å². The Hall–Kier alpha value is -1.95. The largest absolute Gasteiger partial charge is 0.386 e. The normalized spacial score (nSPS) is 13.3. The molecule has 150 valence electrons. The summed E-state index contributed by atoms with van der Waals surface area (Å²) in [5, 5.41) is 16.5. The Bertz CT molecular complexity index is 864. The molecule has 0 aromatic heterocycles. The maximum atomic E-state index is 11.7. The molecular formula is C26H24OP2S. The second-order valence-corrected chi connectivity index (χ2v) is 12.5. The summed E-state index contributed by atoms with van der Waals surface area (Å²) in [6.07, 6.45) is 0. The van der Waals surface area contributed by atoms with E-state index < -0.39 is 21.7 Å². The molecule has 30 heavy (non-hydrogen) atoms. The fourth-order valence-corrected chi connectivity index (χ4v) is 9.85. The molecule has 0 aliphatic heterocycles. The van der Waals surface area contributed by atoms with E-state index in [0.29, 0.717) is 0 Å². The summed E-state index contributed by atoms with van der Waals surface area (Å²) in [7, 11) is -1.80. The zero-order valence-electron chi connectivity index (χ0n) is 16.5. The molecule has 0 saturated carbocycles. The lowest BCUT2D eigenvalue weighted by Gasteiger charge is -2.34. The van der Waals surface area contributed by atoms with Crippen LogP contribution in [0.5, 0.6) is 0 Å². The molecular weight excluding hydrogens is 422 g/mol. The molecule has 0 amide bonds. The molecule has 0 saturated heterocycles. The molecule has 1 N–H and O–H groups in total. The summed E-state index contributed by atoms with van der Waals surface area (Å²) >= 11 is 5.08. The molecule has 4 rings (SSSR count). The first kappa shape index (κ1) is 21.3. The minimum Gasteiger partial charge on any atom is -0.386 e. The van der Waals surface area contributed by atoms with Crippen molar-refractivity contribution < 1.29 is 5.11 Å². The van der Waals surface area contributed by atoms with Gasteiger partial charge in [0.15, 0.2) is 0 Å². The molecule has 4 aromatic carbocycles. The topological polar surface area (TPSA) is 20.2 Å². The van der Waals surface area contributed by atoms with Crippen LogP contribution in [-0.2, 0) is 0 Å². The van der Waals surface area contributed by atoms with Gasteiger partial charge < -0.3 is 5.11 Å². The van der Waals surface area contributed by atoms with Crippen LogP contribution < -0.4 is 21.2 Å². The Balaban J connectivity index is 1.77. The quantitative estimate of drug-likeness (QED) is 0.308. The molecule has 4 heteroatoms. The van der Waals surface area contributed by atoms with Crippen molar-refractivity contribution in [3.63, 3.8) is 0 Å². The number of hydrogen-bond donors (Lipinski definition) is 2. The van der Waals surface area contributed by atoms with Crippen molar-refractivity contribution in [1.29, 1.82) is 0 Å². The van der Waals surface area contributed by atoms with Crippen LogP contribution in [0.25, 0.3) is 0 Å². The minimum atomic E-state index is -0.969. The monoisotopic (exact) mass is 446 g/mol. The number of hydrogen-bond acceptors (Lipinski definition) is 2.